The first kappa shape index (κ1) is 17.5. The van der Waals surface area contributed by atoms with Crippen LogP contribution in [0, 0.1) is 5.82 Å². The molecule has 0 saturated carbocycles. The number of benzene rings is 2. The van der Waals surface area contributed by atoms with Crippen molar-refractivity contribution in [2.45, 2.75) is 12.6 Å². The lowest BCUT2D eigenvalue weighted by atomic mass is 10.1. The summed E-state index contributed by atoms with van der Waals surface area (Å²) < 4.78 is 24.0. The summed E-state index contributed by atoms with van der Waals surface area (Å²) in [6, 6.07) is 9.85. The van der Waals surface area contributed by atoms with Gasteiger partial charge in [-0.1, -0.05) is 29.8 Å². The highest BCUT2D eigenvalue weighted by Gasteiger charge is 2.12. The zero-order valence-electron chi connectivity index (χ0n) is 13.0. The van der Waals surface area contributed by atoms with Crippen LogP contribution in [0.1, 0.15) is 17.2 Å². The van der Waals surface area contributed by atoms with Crippen molar-refractivity contribution < 1.29 is 19.0 Å². The van der Waals surface area contributed by atoms with Crippen LogP contribution in [0.3, 0.4) is 0 Å². The SMILES string of the molecule is COc1cccc(CNCC(O)c2ccc(Cl)c(F)c2)c1OC. The van der Waals surface area contributed by atoms with Gasteiger partial charge in [-0.3, -0.25) is 0 Å². The van der Waals surface area contributed by atoms with Crippen molar-refractivity contribution in [3.63, 3.8) is 0 Å². The third-order valence-corrected chi connectivity index (χ3v) is 3.77. The molecular formula is C17H19ClFNO3. The normalized spacial score (nSPS) is 12.0. The van der Waals surface area contributed by atoms with Gasteiger partial charge in [0.15, 0.2) is 11.5 Å². The summed E-state index contributed by atoms with van der Waals surface area (Å²) in [6.07, 6.45) is -0.835. The predicted octanol–water partition coefficient (Wildman–Crippen LogP) is 3.32. The first-order chi connectivity index (χ1) is 11.1. The average Bonchev–Trinajstić information content (AvgIpc) is 2.56. The molecule has 0 aliphatic carbocycles. The first-order valence-electron chi connectivity index (χ1n) is 7.10. The molecule has 124 valence electrons. The van der Waals surface area contributed by atoms with Crippen LogP contribution in [0.25, 0.3) is 0 Å². The Morgan fingerprint density at radius 2 is 2.00 bits per heavy atom. The number of rotatable bonds is 7. The Balaban J connectivity index is 1.98. The molecule has 0 amide bonds. The number of methoxy groups -OCH3 is 2. The Kier molecular flexibility index (Phi) is 6.21. The molecule has 0 aromatic heterocycles. The molecule has 4 nitrogen and oxygen atoms in total. The summed E-state index contributed by atoms with van der Waals surface area (Å²) in [5.74, 6) is 0.749. The number of hydrogen-bond donors (Lipinski definition) is 2. The Bertz CT molecular complexity index is 666. The molecule has 6 heteroatoms. The van der Waals surface area contributed by atoms with E-state index in [0.717, 1.165) is 5.56 Å². The van der Waals surface area contributed by atoms with E-state index in [9.17, 15) is 9.50 Å². The fourth-order valence-corrected chi connectivity index (χ4v) is 2.39. The van der Waals surface area contributed by atoms with Gasteiger partial charge in [-0.05, 0) is 23.8 Å². The minimum atomic E-state index is -0.835. The molecule has 2 aromatic carbocycles. The summed E-state index contributed by atoms with van der Waals surface area (Å²) in [5, 5.41) is 13.3. The maximum atomic E-state index is 13.4. The highest BCUT2D eigenvalue weighted by molar-refractivity contribution is 6.30. The molecule has 0 aliphatic rings. The monoisotopic (exact) mass is 339 g/mol. The van der Waals surface area contributed by atoms with Crippen LogP contribution in [0.15, 0.2) is 36.4 Å². The maximum absolute atomic E-state index is 13.4. The molecule has 0 spiro atoms. The van der Waals surface area contributed by atoms with E-state index < -0.39 is 11.9 Å². The van der Waals surface area contributed by atoms with Crippen LogP contribution in [-0.4, -0.2) is 25.9 Å². The summed E-state index contributed by atoms with van der Waals surface area (Å²) in [4.78, 5) is 0. The van der Waals surface area contributed by atoms with Crippen molar-refractivity contribution in [2.24, 2.45) is 0 Å². The Labute approximate surface area is 139 Å². The largest absolute Gasteiger partial charge is 0.493 e. The van der Waals surface area contributed by atoms with Crippen molar-refractivity contribution in [3.8, 4) is 11.5 Å². The number of halogens is 2. The highest BCUT2D eigenvalue weighted by atomic mass is 35.5. The first-order valence-corrected chi connectivity index (χ1v) is 7.48. The average molecular weight is 340 g/mol. The fourth-order valence-electron chi connectivity index (χ4n) is 2.27. The van der Waals surface area contributed by atoms with E-state index in [-0.39, 0.29) is 11.6 Å². The van der Waals surface area contributed by atoms with Gasteiger partial charge in [-0.15, -0.1) is 0 Å². The van der Waals surface area contributed by atoms with E-state index in [4.69, 9.17) is 21.1 Å². The lowest BCUT2D eigenvalue weighted by Gasteiger charge is -2.15. The maximum Gasteiger partial charge on any atom is 0.165 e. The molecular weight excluding hydrogens is 321 g/mol. The van der Waals surface area contributed by atoms with Gasteiger partial charge in [0.2, 0.25) is 0 Å². The molecule has 2 aromatic rings. The molecule has 0 bridgehead atoms. The Hall–Kier alpha value is -1.82. The molecule has 0 saturated heterocycles. The van der Waals surface area contributed by atoms with Crippen molar-refractivity contribution in [3.05, 3.63) is 58.4 Å². The topological polar surface area (TPSA) is 50.7 Å². The predicted molar refractivity (Wildman–Crippen MR) is 87.6 cm³/mol. The second-order valence-corrected chi connectivity index (χ2v) is 5.38. The molecule has 2 rings (SSSR count). The minimum absolute atomic E-state index is 0.0371. The number of para-hydroxylation sites is 1. The number of hydrogen-bond acceptors (Lipinski definition) is 4. The van der Waals surface area contributed by atoms with Gasteiger partial charge in [0.25, 0.3) is 0 Å². The van der Waals surface area contributed by atoms with E-state index >= 15 is 0 Å². The van der Waals surface area contributed by atoms with E-state index in [1.165, 1.54) is 12.1 Å². The van der Waals surface area contributed by atoms with E-state index in [2.05, 4.69) is 5.32 Å². The van der Waals surface area contributed by atoms with Crippen LogP contribution in [0.2, 0.25) is 5.02 Å². The molecule has 2 N–H and O–H groups in total. The van der Waals surface area contributed by atoms with Crippen molar-refractivity contribution in [1.29, 1.82) is 0 Å². The van der Waals surface area contributed by atoms with Crippen molar-refractivity contribution in [1.82, 2.24) is 5.32 Å². The van der Waals surface area contributed by atoms with E-state index in [1.807, 2.05) is 18.2 Å². The molecule has 0 aliphatic heterocycles. The number of aliphatic hydroxyl groups excluding tert-OH is 1. The molecule has 0 radical (unpaired) electrons. The summed E-state index contributed by atoms with van der Waals surface area (Å²) in [5.41, 5.74) is 1.37. The zero-order valence-corrected chi connectivity index (χ0v) is 13.7. The number of ether oxygens (including phenoxy) is 2. The molecule has 1 unspecified atom stereocenters. The van der Waals surface area contributed by atoms with E-state index in [1.54, 1.807) is 20.3 Å². The lowest BCUT2D eigenvalue weighted by molar-refractivity contribution is 0.174. The van der Waals surface area contributed by atoms with Gasteiger partial charge in [-0.25, -0.2) is 4.39 Å². The highest BCUT2D eigenvalue weighted by Crippen LogP contribution is 2.30. The Morgan fingerprint density at radius 3 is 2.65 bits per heavy atom. The lowest BCUT2D eigenvalue weighted by Crippen LogP contribution is -2.21. The van der Waals surface area contributed by atoms with Crippen molar-refractivity contribution in [2.75, 3.05) is 20.8 Å². The second-order valence-electron chi connectivity index (χ2n) is 4.97. The van der Waals surface area contributed by atoms with Crippen molar-refractivity contribution >= 4 is 11.6 Å². The molecule has 1 atom stereocenters. The summed E-state index contributed by atoms with van der Waals surface area (Å²) in [7, 11) is 3.15. The quantitative estimate of drug-likeness (QED) is 0.812. The molecule has 0 heterocycles. The van der Waals surface area contributed by atoms with Gasteiger partial charge in [0.1, 0.15) is 5.82 Å². The number of nitrogens with one attached hydrogen (secondary N) is 1. The standard InChI is InChI=1S/C17H19ClFNO3/c1-22-16-5-3-4-12(17(16)23-2)9-20-10-15(21)11-6-7-13(18)14(19)8-11/h3-8,15,20-21H,9-10H2,1-2H3. The summed E-state index contributed by atoms with van der Waals surface area (Å²) >= 11 is 5.63. The van der Waals surface area contributed by atoms with Gasteiger partial charge < -0.3 is 19.9 Å². The van der Waals surface area contributed by atoms with Gasteiger partial charge in [0, 0.05) is 18.7 Å². The number of aliphatic hydroxyl groups is 1. The smallest absolute Gasteiger partial charge is 0.165 e. The Morgan fingerprint density at radius 1 is 1.22 bits per heavy atom. The van der Waals surface area contributed by atoms with Crippen LogP contribution in [-0.2, 0) is 6.54 Å². The van der Waals surface area contributed by atoms with Gasteiger partial charge in [-0.2, -0.15) is 0 Å². The second kappa shape index (κ2) is 8.15. The minimum Gasteiger partial charge on any atom is -0.493 e. The van der Waals surface area contributed by atoms with E-state index in [0.29, 0.717) is 23.6 Å². The zero-order chi connectivity index (χ0) is 16.8. The third-order valence-electron chi connectivity index (χ3n) is 3.47. The van der Waals surface area contributed by atoms with Gasteiger partial charge in [0.05, 0.1) is 25.3 Å². The summed E-state index contributed by atoms with van der Waals surface area (Å²) in [6.45, 7) is 0.745. The molecule has 0 fully saturated rings. The van der Waals surface area contributed by atoms with Gasteiger partial charge >= 0.3 is 0 Å². The fraction of sp³-hybridized carbons (Fsp3) is 0.294. The van der Waals surface area contributed by atoms with Crippen LogP contribution < -0.4 is 14.8 Å². The molecule has 23 heavy (non-hydrogen) atoms. The third kappa shape index (κ3) is 4.34. The van der Waals surface area contributed by atoms with Crippen LogP contribution >= 0.6 is 11.6 Å². The van der Waals surface area contributed by atoms with Crippen LogP contribution in [0.5, 0.6) is 11.5 Å². The van der Waals surface area contributed by atoms with Crippen LogP contribution in [0.4, 0.5) is 4.39 Å².